The van der Waals surface area contributed by atoms with Crippen molar-refractivity contribution in [3.8, 4) is 0 Å². The van der Waals surface area contributed by atoms with E-state index in [0.717, 1.165) is 60.9 Å². The van der Waals surface area contributed by atoms with Crippen LogP contribution in [0.15, 0.2) is 30.5 Å². The van der Waals surface area contributed by atoms with Crippen molar-refractivity contribution >= 4 is 22.5 Å². The molecule has 3 heterocycles. The average Bonchev–Trinajstić information content (AvgIpc) is 2.99. The van der Waals surface area contributed by atoms with E-state index in [9.17, 15) is 0 Å². The number of fused-ring (bicyclic) bond motifs is 1. The summed E-state index contributed by atoms with van der Waals surface area (Å²) in [6, 6.07) is 9.28. The Kier molecular flexibility index (Phi) is 4.72. The summed E-state index contributed by atoms with van der Waals surface area (Å²) in [5.41, 5.74) is 2.19. The molecule has 0 bridgehead atoms. The van der Waals surface area contributed by atoms with E-state index in [1.54, 1.807) is 0 Å². The minimum absolute atomic E-state index is 0.526. The Morgan fingerprint density at radius 1 is 1.21 bits per heavy atom. The SMILES string of the molecule is C[C@@H]1[C@H](N2CCOCC2)CCN1Cc1c(Cl)ccc2cccnc12. The lowest BCUT2D eigenvalue weighted by Gasteiger charge is -2.36. The molecule has 24 heavy (non-hydrogen) atoms. The van der Waals surface area contributed by atoms with Crippen LogP contribution in [0.4, 0.5) is 0 Å². The fourth-order valence-electron chi connectivity index (χ4n) is 4.14. The van der Waals surface area contributed by atoms with Crippen molar-refractivity contribution in [2.75, 3.05) is 32.8 Å². The maximum Gasteiger partial charge on any atom is 0.0761 e. The first kappa shape index (κ1) is 16.3. The summed E-state index contributed by atoms with van der Waals surface area (Å²) in [5, 5.41) is 1.98. The number of nitrogens with zero attached hydrogens (tertiary/aromatic N) is 3. The molecule has 5 heteroatoms. The molecule has 2 aromatic rings. The third-order valence-electron chi connectivity index (χ3n) is 5.54. The van der Waals surface area contributed by atoms with Gasteiger partial charge in [0.2, 0.25) is 0 Å². The van der Waals surface area contributed by atoms with Crippen LogP contribution < -0.4 is 0 Å². The van der Waals surface area contributed by atoms with Gasteiger partial charge < -0.3 is 4.74 Å². The highest BCUT2D eigenvalue weighted by molar-refractivity contribution is 6.32. The zero-order chi connectivity index (χ0) is 16.5. The molecule has 2 aliphatic rings. The summed E-state index contributed by atoms with van der Waals surface area (Å²) in [7, 11) is 0. The number of likely N-dealkylation sites (tertiary alicyclic amines) is 1. The molecule has 2 aliphatic heterocycles. The zero-order valence-corrected chi connectivity index (χ0v) is 14.9. The van der Waals surface area contributed by atoms with Gasteiger partial charge in [0.15, 0.2) is 0 Å². The van der Waals surface area contributed by atoms with E-state index >= 15 is 0 Å². The number of rotatable bonds is 3. The molecule has 4 nitrogen and oxygen atoms in total. The summed E-state index contributed by atoms with van der Waals surface area (Å²) < 4.78 is 5.50. The summed E-state index contributed by atoms with van der Waals surface area (Å²) in [6.45, 7) is 8.17. The molecule has 0 saturated carbocycles. The summed E-state index contributed by atoms with van der Waals surface area (Å²) in [4.78, 5) is 9.73. The molecule has 1 aromatic heterocycles. The largest absolute Gasteiger partial charge is 0.379 e. The van der Waals surface area contributed by atoms with E-state index in [1.807, 2.05) is 18.3 Å². The molecule has 2 atom stereocenters. The molecular formula is C19H24ClN3O. The molecule has 0 spiro atoms. The van der Waals surface area contributed by atoms with Crippen LogP contribution in [0, 0.1) is 0 Å². The van der Waals surface area contributed by atoms with Gasteiger partial charge in [-0.15, -0.1) is 0 Å². The number of halogens is 1. The van der Waals surface area contributed by atoms with Gasteiger partial charge in [0, 0.05) is 60.4 Å². The van der Waals surface area contributed by atoms with Crippen LogP contribution in [0.25, 0.3) is 10.9 Å². The van der Waals surface area contributed by atoms with Crippen molar-refractivity contribution in [3.05, 3.63) is 41.0 Å². The van der Waals surface area contributed by atoms with Gasteiger partial charge >= 0.3 is 0 Å². The van der Waals surface area contributed by atoms with Crippen LogP contribution in [0.3, 0.4) is 0 Å². The number of benzene rings is 1. The minimum atomic E-state index is 0.526. The van der Waals surface area contributed by atoms with Gasteiger partial charge in [-0.2, -0.15) is 0 Å². The summed E-state index contributed by atoms with van der Waals surface area (Å²) in [6.07, 6.45) is 3.07. The Bertz CT molecular complexity index is 717. The molecule has 0 N–H and O–H groups in total. The highest BCUT2D eigenvalue weighted by Crippen LogP contribution is 2.30. The molecule has 2 saturated heterocycles. The molecular weight excluding hydrogens is 322 g/mol. The summed E-state index contributed by atoms with van der Waals surface area (Å²) in [5.74, 6) is 0. The van der Waals surface area contributed by atoms with Crippen molar-refractivity contribution in [1.29, 1.82) is 0 Å². The van der Waals surface area contributed by atoms with Gasteiger partial charge in [-0.25, -0.2) is 0 Å². The number of ether oxygens (including phenoxy) is 1. The normalized spacial score (nSPS) is 26.2. The van der Waals surface area contributed by atoms with E-state index in [4.69, 9.17) is 16.3 Å². The van der Waals surface area contributed by atoms with E-state index in [0.29, 0.717) is 12.1 Å². The van der Waals surface area contributed by atoms with Gasteiger partial charge in [0.25, 0.3) is 0 Å². The Morgan fingerprint density at radius 2 is 2.04 bits per heavy atom. The quantitative estimate of drug-likeness (QED) is 0.854. The first-order valence-corrected chi connectivity index (χ1v) is 9.20. The third kappa shape index (κ3) is 3.04. The second-order valence-corrected chi connectivity index (χ2v) is 7.22. The van der Waals surface area contributed by atoms with Crippen LogP contribution in [0.5, 0.6) is 0 Å². The fraction of sp³-hybridized carbons (Fsp3) is 0.526. The minimum Gasteiger partial charge on any atom is -0.379 e. The zero-order valence-electron chi connectivity index (χ0n) is 14.1. The fourth-order valence-corrected chi connectivity index (χ4v) is 4.35. The molecule has 0 radical (unpaired) electrons. The predicted octanol–water partition coefficient (Wildman–Crippen LogP) is 3.18. The van der Waals surface area contributed by atoms with Gasteiger partial charge in [0.05, 0.1) is 18.7 Å². The number of pyridine rings is 1. The Labute approximate surface area is 148 Å². The highest BCUT2D eigenvalue weighted by atomic mass is 35.5. The van der Waals surface area contributed by atoms with Crippen molar-refractivity contribution in [1.82, 2.24) is 14.8 Å². The maximum atomic E-state index is 6.52. The molecule has 128 valence electrons. The molecule has 0 aliphatic carbocycles. The van der Waals surface area contributed by atoms with Crippen LogP contribution in [-0.4, -0.2) is 59.7 Å². The average molecular weight is 346 g/mol. The molecule has 1 aromatic carbocycles. The van der Waals surface area contributed by atoms with E-state index < -0.39 is 0 Å². The number of aromatic nitrogens is 1. The number of hydrogen-bond donors (Lipinski definition) is 0. The molecule has 0 amide bonds. The second-order valence-electron chi connectivity index (χ2n) is 6.82. The molecule has 0 unspecified atom stereocenters. The van der Waals surface area contributed by atoms with E-state index in [1.165, 1.54) is 6.42 Å². The number of hydrogen-bond acceptors (Lipinski definition) is 4. The van der Waals surface area contributed by atoms with Crippen LogP contribution in [0.2, 0.25) is 5.02 Å². The van der Waals surface area contributed by atoms with Crippen LogP contribution in [0.1, 0.15) is 18.9 Å². The monoisotopic (exact) mass is 345 g/mol. The maximum absolute atomic E-state index is 6.52. The Morgan fingerprint density at radius 3 is 2.88 bits per heavy atom. The van der Waals surface area contributed by atoms with Gasteiger partial charge in [-0.1, -0.05) is 23.7 Å². The van der Waals surface area contributed by atoms with Crippen molar-refractivity contribution < 1.29 is 4.74 Å². The lowest BCUT2D eigenvalue weighted by Crippen LogP contribution is -2.48. The Balaban J connectivity index is 1.55. The lowest BCUT2D eigenvalue weighted by molar-refractivity contribution is 0.00985. The second kappa shape index (κ2) is 6.96. The van der Waals surface area contributed by atoms with Gasteiger partial charge in [-0.05, 0) is 25.5 Å². The van der Waals surface area contributed by atoms with Gasteiger partial charge in [-0.3, -0.25) is 14.8 Å². The van der Waals surface area contributed by atoms with Crippen LogP contribution >= 0.6 is 11.6 Å². The first-order valence-electron chi connectivity index (χ1n) is 8.82. The standard InChI is InChI=1S/C19H24ClN3O/c1-14-18(22-9-11-24-12-10-22)6-8-23(14)13-16-17(20)5-4-15-3-2-7-21-19(15)16/h2-5,7,14,18H,6,8-13H2,1H3/t14-,18-/m1/s1. The van der Waals surface area contributed by atoms with Gasteiger partial charge in [0.1, 0.15) is 0 Å². The van der Waals surface area contributed by atoms with Crippen molar-refractivity contribution in [2.45, 2.75) is 32.0 Å². The van der Waals surface area contributed by atoms with E-state index in [-0.39, 0.29) is 0 Å². The van der Waals surface area contributed by atoms with Crippen molar-refractivity contribution in [2.24, 2.45) is 0 Å². The highest BCUT2D eigenvalue weighted by Gasteiger charge is 2.35. The topological polar surface area (TPSA) is 28.6 Å². The lowest BCUT2D eigenvalue weighted by atomic mass is 10.1. The van der Waals surface area contributed by atoms with Crippen molar-refractivity contribution in [3.63, 3.8) is 0 Å². The molecule has 4 rings (SSSR count). The Hall–Kier alpha value is -1.20. The predicted molar refractivity (Wildman–Crippen MR) is 97.4 cm³/mol. The van der Waals surface area contributed by atoms with E-state index in [2.05, 4.69) is 33.8 Å². The third-order valence-corrected chi connectivity index (χ3v) is 5.90. The van der Waals surface area contributed by atoms with Crippen LogP contribution in [-0.2, 0) is 11.3 Å². The number of morpholine rings is 1. The molecule has 2 fully saturated rings. The first-order chi connectivity index (χ1) is 11.7. The summed E-state index contributed by atoms with van der Waals surface area (Å²) >= 11 is 6.52. The smallest absolute Gasteiger partial charge is 0.0761 e.